The number of para-hydroxylation sites is 2. The predicted molar refractivity (Wildman–Crippen MR) is 113 cm³/mol. The summed E-state index contributed by atoms with van der Waals surface area (Å²) in [6.45, 7) is 1.36. The fraction of sp³-hybridized carbons (Fsp3) is 0.478. The van der Waals surface area contributed by atoms with Gasteiger partial charge < -0.3 is 16.0 Å². The molecule has 2 aromatic rings. The first-order valence-corrected chi connectivity index (χ1v) is 10.3. The average Bonchev–Trinajstić information content (AvgIpc) is 2.74. The molecule has 152 valence electrons. The molecule has 4 unspecified atom stereocenters. The number of halogens is 2. The first-order valence-electron chi connectivity index (χ1n) is 10.3. The van der Waals surface area contributed by atoms with Crippen molar-refractivity contribution >= 4 is 11.4 Å². The van der Waals surface area contributed by atoms with Gasteiger partial charge >= 0.3 is 0 Å². The zero-order chi connectivity index (χ0) is 19.6. The van der Waals surface area contributed by atoms with Crippen LogP contribution in [0.15, 0.2) is 60.7 Å². The Kier molecular flexibility index (Phi) is 8.09. The number of rotatable bonds is 4. The van der Waals surface area contributed by atoms with E-state index in [1.807, 2.05) is 60.7 Å². The number of benzene rings is 2. The molecule has 1 heterocycles. The maximum Gasteiger partial charge on any atom is 0.132 e. The summed E-state index contributed by atoms with van der Waals surface area (Å²) in [7, 11) is 0. The minimum atomic E-state index is -0.788. The Morgan fingerprint density at radius 3 is 1.75 bits per heavy atom. The van der Waals surface area contributed by atoms with Crippen molar-refractivity contribution in [2.75, 3.05) is 23.7 Å². The van der Waals surface area contributed by atoms with Gasteiger partial charge in [-0.2, -0.15) is 0 Å². The Bertz CT molecular complexity index is 609. The van der Waals surface area contributed by atoms with Crippen molar-refractivity contribution in [1.82, 2.24) is 5.32 Å². The molecule has 4 rings (SSSR count). The molecule has 4 atom stereocenters. The third-order valence-electron chi connectivity index (χ3n) is 5.34. The van der Waals surface area contributed by atoms with Crippen molar-refractivity contribution in [1.29, 1.82) is 0 Å². The number of nitrogens with one attached hydrogen (secondary N) is 3. The molecular weight excluding hydrogens is 356 g/mol. The molecule has 2 fully saturated rings. The Hall–Kier alpha value is -2.14. The molecule has 0 bridgehead atoms. The maximum atomic E-state index is 13.5. The van der Waals surface area contributed by atoms with E-state index in [0.29, 0.717) is 13.0 Å². The highest BCUT2D eigenvalue weighted by atomic mass is 19.1. The lowest BCUT2D eigenvalue weighted by molar-refractivity contribution is 0.230. The van der Waals surface area contributed by atoms with Crippen LogP contribution in [0.4, 0.5) is 20.2 Å². The third kappa shape index (κ3) is 6.48. The first kappa shape index (κ1) is 20.6. The predicted octanol–water partition coefficient (Wildman–Crippen LogP) is 5.18. The van der Waals surface area contributed by atoms with Crippen molar-refractivity contribution in [3.8, 4) is 0 Å². The Labute approximate surface area is 166 Å². The van der Waals surface area contributed by atoms with E-state index in [4.69, 9.17) is 0 Å². The van der Waals surface area contributed by atoms with E-state index in [-0.39, 0.29) is 12.1 Å². The lowest BCUT2D eigenvalue weighted by Gasteiger charge is -2.28. The van der Waals surface area contributed by atoms with Gasteiger partial charge in [-0.25, -0.2) is 8.78 Å². The van der Waals surface area contributed by atoms with Crippen LogP contribution in [0.5, 0.6) is 0 Å². The molecule has 3 N–H and O–H groups in total. The molecule has 0 aromatic heterocycles. The normalized spacial score (nSPS) is 27.2. The van der Waals surface area contributed by atoms with E-state index >= 15 is 0 Å². The van der Waals surface area contributed by atoms with Crippen LogP contribution >= 0.6 is 0 Å². The number of hydrogen-bond acceptors (Lipinski definition) is 3. The van der Waals surface area contributed by atoms with Crippen molar-refractivity contribution in [3.05, 3.63) is 60.7 Å². The van der Waals surface area contributed by atoms with Gasteiger partial charge in [0, 0.05) is 17.9 Å². The summed E-state index contributed by atoms with van der Waals surface area (Å²) in [6.07, 6.45) is 3.23. The summed E-state index contributed by atoms with van der Waals surface area (Å²) >= 11 is 0. The maximum absolute atomic E-state index is 13.5. The van der Waals surface area contributed by atoms with Crippen LogP contribution in [0, 0.1) is 0 Å². The SMILES string of the molecule is FC1CCCCC1Nc1ccccc1.FC1CNCCC1Nc1ccccc1. The van der Waals surface area contributed by atoms with Gasteiger partial charge in [0.1, 0.15) is 12.3 Å². The van der Waals surface area contributed by atoms with Gasteiger partial charge in [-0.15, -0.1) is 0 Å². The van der Waals surface area contributed by atoms with Crippen molar-refractivity contribution in [3.63, 3.8) is 0 Å². The second-order valence-corrected chi connectivity index (χ2v) is 7.54. The topological polar surface area (TPSA) is 36.1 Å². The quantitative estimate of drug-likeness (QED) is 0.677. The van der Waals surface area contributed by atoms with Gasteiger partial charge in [0.15, 0.2) is 0 Å². The zero-order valence-electron chi connectivity index (χ0n) is 16.3. The molecule has 2 aromatic carbocycles. The molecule has 0 spiro atoms. The summed E-state index contributed by atoms with van der Waals surface area (Å²) in [5.74, 6) is 0. The summed E-state index contributed by atoms with van der Waals surface area (Å²) < 4.78 is 26.9. The van der Waals surface area contributed by atoms with Crippen LogP contribution in [0.2, 0.25) is 0 Å². The monoisotopic (exact) mass is 387 g/mol. The van der Waals surface area contributed by atoms with Crippen LogP contribution < -0.4 is 16.0 Å². The molecule has 1 saturated heterocycles. The molecule has 1 aliphatic carbocycles. The Balaban J connectivity index is 0.000000161. The molecule has 1 aliphatic heterocycles. The largest absolute Gasteiger partial charge is 0.379 e. The second kappa shape index (κ2) is 11.0. The lowest BCUT2D eigenvalue weighted by atomic mass is 9.93. The van der Waals surface area contributed by atoms with Gasteiger partial charge in [-0.3, -0.25) is 0 Å². The summed E-state index contributed by atoms with van der Waals surface area (Å²) in [5.41, 5.74) is 2.03. The molecule has 1 saturated carbocycles. The second-order valence-electron chi connectivity index (χ2n) is 7.54. The van der Waals surface area contributed by atoms with Crippen molar-refractivity contribution in [2.24, 2.45) is 0 Å². The van der Waals surface area contributed by atoms with Gasteiger partial charge in [0.25, 0.3) is 0 Å². The average molecular weight is 388 g/mol. The smallest absolute Gasteiger partial charge is 0.132 e. The van der Waals surface area contributed by atoms with E-state index in [1.54, 1.807) is 0 Å². The zero-order valence-corrected chi connectivity index (χ0v) is 16.3. The van der Waals surface area contributed by atoms with Crippen LogP contribution in [-0.2, 0) is 0 Å². The highest BCUT2D eigenvalue weighted by Gasteiger charge is 2.24. The van der Waals surface area contributed by atoms with E-state index in [1.165, 1.54) is 0 Å². The molecule has 0 amide bonds. The standard InChI is InChI=1S/C12H16FN.C11H15FN2/c13-11-8-4-5-9-12(11)14-10-6-2-1-3-7-10;12-10-8-13-7-6-11(10)14-9-4-2-1-3-5-9/h1-3,6-7,11-12,14H,4-5,8-9H2;1-5,10-11,13-14H,6-8H2. The van der Waals surface area contributed by atoms with E-state index in [0.717, 1.165) is 43.6 Å². The molecule has 5 heteroatoms. The Morgan fingerprint density at radius 2 is 1.21 bits per heavy atom. The van der Waals surface area contributed by atoms with Gasteiger partial charge in [-0.05, 0) is 50.1 Å². The fourth-order valence-corrected chi connectivity index (χ4v) is 3.73. The fourth-order valence-electron chi connectivity index (χ4n) is 3.73. The minimum absolute atomic E-state index is 0.0196. The third-order valence-corrected chi connectivity index (χ3v) is 5.34. The molecule has 0 radical (unpaired) electrons. The van der Waals surface area contributed by atoms with Gasteiger partial charge in [0.05, 0.1) is 12.1 Å². The molecule has 2 aliphatic rings. The molecule has 3 nitrogen and oxygen atoms in total. The van der Waals surface area contributed by atoms with Crippen molar-refractivity contribution < 1.29 is 8.78 Å². The highest BCUT2D eigenvalue weighted by molar-refractivity contribution is 5.44. The number of piperidine rings is 1. The number of hydrogen-bond donors (Lipinski definition) is 3. The van der Waals surface area contributed by atoms with Crippen molar-refractivity contribution in [2.45, 2.75) is 56.5 Å². The molecular formula is C23H31F2N3. The van der Waals surface area contributed by atoms with Gasteiger partial charge in [0.2, 0.25) is 0 Å². The Morgan fingerprint density at radius 1 is 0.679 bits per heavy atom. The summed E-state index contributed by atoms with van der Waals surface area (Å²) in [5, 5.41) is 9.51. The minimum Gasteiger partial charge on any atom is -0.379 e. The van der Waals surface area contributed by atoms with Crippen LogP contribution in [0.25, 0.3) is 0 Å². The molecule has 28 heavy (non-hydrogen) atoms. The lowest BCUT2D eigenvalue weighted by Crippen LogP contribution is -2.45. The van der Waals surface area contributed by atoms with E-state index in [2.05, 4.69) is 16.0 Å². The number of anilines is 2. The van der Waals surface area contributed by atoms with Crippen LogP contribution in [0.3, 0.4) is 0 Å². The van der Waals surface area contributed by atoms with Gasteiger partial charge in [-0.1, -0.05) is 49.2 Å². The van der Waals surface area contributed by atoms with E-state index in [9.17, 15) is 8.78 Å². The number of alkyl halides is 2. The highest BCUT2D eigenvalue weighted by Crippen LogP contribution is 2.24. The summed E-state index contributed by atoms with van der Waals surface area (Å²) in [6, 6.07) is 19.7. The first-order chi connectivity index (χ1) is 13.7. The van der Waals surface area contributed by atoms with Crippen LogP contribution in [0.1, 0.15) is 32.1 Å². The summed E-state index contributed by atoms with van der Waals surface area (Å²) in [4.78, 5) is 0. The van der Waals surface area contributed by atoms with E-state index < -0.39 is 12.3 Å². The van der Waals surface area contributed by atoms with Crippen LogP contribution in [-0.4, -0.2) is 37.5 Å².